The van der Waals surface area contributed by atoms with Crippen molar-refractivity contribution in [2.75, 3.05) is 6.54 Å². The highest BCUT2D eigenvalue weighted by molar-refractivity contribution is 4.92. The predicted octanol–water partition coefficient (Wildman–Crippen LogP) is 4.59. The lowest BCUT2D eigenvalue weighted by Crippen LogP contribution is -1.97. The lowest BCUT2D eigenvalue weighted by molar-refractivity contribution is 0.622. The molecule has 0 aromatic carbocycles. The van der Waals surface area contributed by atoms with Gasteiger partial charge in [-0.2, -0.15) is 0 Å². The van der Waals surface area contributed by atoms with E-state index in [2.05, 4.69) is 31.2 Å². The maximum atomic E-state index is 5.44. The molecule has 0 heterocycles. The standard InChI is InChI=1S/C15H29N/c1-2-3-4-5-6-7-8-9-10-11-12-13-14-15-16/h4-5,7-8H,2-3,6,9-16H2,1H3/b5-4-,8-7-. The summed E-state index contributed by atoms with van der Waals surface area (Å²) < 4.78 is 0. The van der Waals surface area contributed by atoms with E-state index in [0.717, 1.165) is 13.0 Å². The van der Waals surface area contributed by atoms with E-state index in [4.69, 9.17) is 5.73 Å². The molecule has 0 atom stereocenters. The second-order valence-electron chi connectivity index (χ2n) is 4.31. The fourth-order valence-electron chi connectivity index (χ4n) is 1.61. The largest absolute Gasteiger partial charge is 0.330 e. The monoisotopic (exact) mass is 223 g/mol. The molecule has 1 nitrogen and oxygen atoms in total. The van der Waals surface area contributed by atoms with Crippen LogP contribution in [-0.2, 0) is 0 Å². The number of hydrogen-bond acceptors (Lipinski definition) is 1. The highest BCUT2D eigenvalue weighted by atomic mass is 14.5. The summed E-state index contributed by atoms with van der Waals surface area (Å²) in [5.74, 6) is 0. The summed E-state index contributed by atoms with van der Waals surface area (Å²) in [5, 5.41) is 0. The minimum absolute atomic E-state index is 0.851. The molecule has 0 amide bonds. The Morgan fingerprint density at radius 1 is 0.750 bits per heavy atom. The number of unbranched alkanes of at least 4 members (excludes halogenated alkanes) is 6. The van der Waals surface area contributed by atoms with Gasteiger partial charge in [-0.1, -0.05) is 56.9 Å². The van der Waals surface area contributed by atoms with Crippen molar-refractivity contribution in [3.63, 3.8) is 0 Å². The van der Waals surface area contributed by atoms with Gasteiger partial charge in [0.15, 0.2) is 0 Å². The average Bonchev–Trinajstić information content (AvgIpc) is 2.31. The maximum Gasteiger partial charge on any atom is -0.00773 e. The van der Waals surface area contributed by atoms with Crippen molar-refractivity contribution in [3.8, 4) is 0 Å². The molecule has 0 unspecified atom stereocenters. The molecule has 0 rings (SSSR count). The Morgan fingerprint density at radius 2 is 1.38 bits per heavy atom. The first kappa shape index (κ1) is 15.4. The Labute approximate surface area is 102 Å². The van der Waals surface area contributed by atoms with Crippen molar-refractivity contribution in [2.24, 2.45) is 5.73 Å². The summed E-state index contributed by atoms with van der Waals surface area (Å²) in [7, 11) is 0. The van der Waals surface area contributed by atoms with E-state index in [1.165, 1.54) is 51.4 Å². The van der Waals surface area contributed by atoms with Gasteiger partial charge in [-0.25, -0.2) is 0 Å². The molecule has 0 aliphatic rings. The maximum absolute atomic E-state index is 5.44. The van der Waals surface area contributed by atoms with E-state index in [1.54, 1.807) is 0 Å². The van der Waals surface area contributed by atoms with Crippen LogP contribution in [0.15, 0.2) is 24.3 Å². The van der Waals surface area contributed by atoms with E-state index in [-0.39, 0.29) is 0 Å². The molecule has 1 heteroatoms. The first-order valence-corrected chi connectivity index (χ1v) is 6.92. The molecule has 0 aromatic rings. The van der Waals surface area contributed by atoms with Crippen LogP contribution in [0, 0.1) is 0 Å². The molecular weight excluding hydrogens is 194 g/mol. The van der Waals surface area contributed by atoms with Gasteiger partial charge in [-0.05, 0) is 38.6 Å². The quantitative estimate of drug-likeness (QED) is 0.402. The van der Waals surface area contributed by atoms with Gasteiger partial charge < -0.3 is 5.73 Å². The summed E-state index contributed by atoms with van der Waals surface area (Å²) in [6.07, 6.45) is 20.5. The zero-order valence-electron chi connectivity index (χ0n) is 11.0. The molecule has 0 saturated heterocycles. The predicted molar refractivity (Wildman–Crippen MR) is 74.6 cm³/mol. The van der Waals surface area contributed by atoms with Crippen molar-refractivity contribution >= 4 is 0 Å². The molecular formula is C15H29N. The zero-order chi connectivity index (χ0) is 11.9. The van der Waals surface area contributed by atoms with E-state index < -0.39 is 0 Å². The van der Waals surface area contributed by atoms with Crippen molar-refractivity contribution in [2.45, 2.75) is 64.7 Å². The van der Waals surface area contributed by atoms with Crippen LogP contribution in [0.25, 0.3) is 0 Å². The smallest absolute Gasteiger partial charge is 0.00773 e. The van der Waals surface area contributed by atoms with Crippen LogP contribution in [0.5, 0.6) is 0 Å². The van der Waals surface area contributed by atoms with Gasteiger partial charge in [0.25, 0.3) is 0 Å². The third kappa shape index (κ3) is 13.4. The second-order valence-corrected chi connectivity index (χ2v) is 4.31. The van der Waals surface area contributed by atoms with Gasteiger partial charge in [-0.15, -0.1) is 0 Å². The van der Waals surface area contributed by atoms with E-state index >= 15 is 0 Å². The Kier molecular flexibility index (Phi) is 13.9. The fourth-order valence-corrected chi connectivity index (χ4v) is 1.61. The van der Waals surface area contributed by atoms with Crippen molar-refractivity contribution < 1.29 is 0 Å². The number of rotatable bonds is 11. The van der Waals surface area contributed by atoms with Gasteiger partial charge in [0, 0.05) is 0 Å². The number of nitrogens with two attached hydrogens (primary N) is 1. The van der Waals surface area contributed by atoms with Crippen LogP contribution in [0.2, 0.25) is 0 Å². The molecule has 0 radical (unpaired) electrons. The Bertz CT molecular complexity index is 170. The van der Waals surface area contributed by atoms with Crippen molar-refractivity contribution in [3.05, 3.63) is 24.3 Å². The highest BCUT2D eigenvalue weighted by Gasteiger charge is 1.87. The van der Waals surface area contributed by atoms with Crippen LogP contribution in [0.1, 0.15) is 64.7 Å². The van der Waals surface area contributed by atoms with E-state index in [1.807, 2.05) is 0 Å². The highest BCUT2D eigenvalue weighted by Crippen LogP contribution is 2.05. The molecule has 0 spiro atoms. The summed E-state index contributed by atoms with van der Waals surface area (Å²) in [5.41, 5.74) is 5.44. The minimum atomic E-state index is 0.851. The third-order valence-corrected chi connectivity index (χ3v) is 2.64. The van der Waals surface area contributed by atoms with Crippen LogP contribution in [-0.4, -0.2) is 6.54 Å². The Balaban J connectivity index is 3.09. The Morgan fingerprint density at radius 3 is 2.06 bits per heavy atom. The topological polar surface area (TPSA) is 26.0 Å². The van der Waals surface area contributed by atoms with Gasteiger partial charge in [-0.3, -0.25) is 0 Å². The molecule has 0 fully saturated rings. The summed E-state index contributed by atoms with van der Waals surface area (Å²) in [6, 6.07) is 0. The van der Waals surface area contributed by atoms with E-state index in [9.17, 15) is 0 Å². The molecule has 0 aromatic heterocycles. The zero-order valence-corrected chi connectivity index (χ0v) is 11.0. The molecule has 0 aliphatic heterocycles. The minimum Gasteiger partial charge on any atom is -0.330 e. The molecule has 0 aliphatic carbocycles. The summed E-state index contributed by atoms with van der Waals surface area (Å²) >= 11 is 0. The Hall–Kier alpha value is -0.560. The van der Waals surface area contributed by atoms with Crippen molar-refractivity contribution in [1.29, 1.82) is 0 Å². The van der Waals surface area contributed by atoms with Gasteiger partial charge >= 0.3 is 0 Å². The lowest BCUT2D eigenvalue weighted by atomic mass is 10.1. The normalized spacial score (nSPS) is 11.9. The molecule has 0 saturated carbocycles. The van der Waals surface area contributed by atoms with Crippen LogP contribution in [0.4, 0.5) is 0 Å². The SMILES string of the molecule is CCC/C=C\C/C=C\CCCCCCCN. The first-order valence-electron chi connectivity index (χ1n) is 6.92. The third-order valence-electron chi connectivity index (χ3n) is 2.64. The lowest BCUT2D eigenvalue weighted by Gasteiger charge is -1.97. The average molecular weight is 223 g/mol. The van der Waals surface area contributed by atoms with Gasteiger partial charge in [0.05, 0.1) is 0 Å². The summed E-state index contributed by atoms with van der Waals surface area (Å²) in [6.45, 7) is 3.06. The number of allylic oxidation sites excluding steroid dienone is 4. The second kappa shape index (κ2) is 14.4. The molecule has 94 valence electrons. The van der Waals surface area contributed by atoms with Crippen LogP contribution in [0.3, 0.4) is 0 Å². The fraction of sp³-hybridized carbons (Fsp3) is 0.733. The van der Waals surface area contributed by atoms with Gasteiger partial charge in [0.2, 0.25) is 0 Å². The van der Waals surface area contributed by atoms with Crippen LogP contribution >= 0.6 is 0 Å². The van der Waals surface area contributed by atoms with E-state index in [0.29, 0.717) is 0 Å². The first-order chi connectivity index (χ1) is 7.91. The molecule has 2 N–H and O–H groups in total. The molecule has 0 bridgehead atoms. The van der Waals surface area contributed by atoms with Gasteiger partial charge in [0.1, 0.15) is 0 Å². The summed E-state index contributed by atoms with van der Waals surface area (Å²) in [4.78, 5) is 0. The molecule has 16 heavy (non-hydrogen) atoms. The number of hydrogen-bond donors (Lipinski definition) is 1. The van der Waals surface area contributed by atoms with Crippen molar-refractivity contribution in [1.82, 2.24) is 0 Å². The van der Waals surface area contributed by atoms with Crippen LogP contribution < -0.4 is 5.73 Å².